The fourth-order valence-electron chi connectivity index (χ4n) is 3.95. The van der Waals surface area contributed by atoms with Crippen molar-refractivity contribution >= 4 is 10.2 Å². The molecule has 9 heteroatoms. The van der Waals surface area contributed by atoms with Crippen molar-refractivity contribution in [3.05, 3.63) is 30.2 Å². The van der Waals surface area contributed by atoms with Gasteiger partial charge in [0.1, 0.15) is 11.5 Å². The Kier molecular flexibility index (Phi) is 4.64. The summed E-state index contributed by atoms with van der Waals surface area (Å²) in [5.74, 6) is 2.03. The first-order valence-corrected chi connectivity index (χ1v) is 10.3. The molecule has 0 aromatic carbocycles. The maximum absolute atomic E-state index is 12.6. The lowest BCUT2D eigenvalue weighted by Gasteiger charge is -2.35. The Morgan fingerprint density at radius 1 is 1.23 bits per heavy atom. The second kappa shape index (κ2) is 6.80. The number of hydrogen-bond donors (Lipinski definition) is 1. The molecule has 5 rings (SSSR count). The molecule has 5 heterocycles. The monoisotopic (exact) mass is 379 g/mol. The molecule has 142 valence electrons. The summed E-state index contributed by atoms with van der Waals surface area (Å²) in [5, 5.41) is 6.86. The number of hydrogen-bond acceptors (Lipinski definition) is 5. The molecule has 2 unspecified atom stereocenters. The van der Waals surface area contributed by atoms with E-state index in [1.165, 1.54) is 4.31 Å². The summed E-state index contributed by atoms with van der Waals surface area (Å²) in [6, 6.07) is 6.04. The summed E-state index contributed by atoms with van der Waals surface area (Å²) in [4.78, 5) is 2.37. The molecule has 2 aromatic heterocycles. The largest absolute Gasteiger partial charge is 0.458 e. The highest BCUT2D eigenvalue weighted by Crippen LogP contribution is 2.31. The lowest BCUT2D eigenvalue weighted by atomic mass is 9.95. The van der Waals surface area contributed by atoms with Crippen LogP contribution in [-0.2, 0) is 16.8 Å². The van der Waals surface area contributed by atoms with Crippen LogP contribution in [0.25, 0.3) is 11.5 Å². The minimum atomic E-state index is -3.37. The Morgan fingerprint density at radius 2 is 2.08 bits per heavy atom. The van der Waals surface area contributed by atoms with Gasteiger partial charge >= 0.3 is 0 Å². The van der Waals surface area contributed by atoms with Gasteiger partial charge in [-0.1, -0.05) is 0 Å². The Bertz CT molecular complexity index is 846. The Balaban J connectivity index is 1.49. The van der Waals surface area contributed by atoms with Crippen molar-refractivity contribution in [2.24, 2.45) is 5.92 Å². The molecular formula is C17H25N5O3S. The van der Waals surface area contributed by atoms with Crippen molar-refractivity contribution in [2.45, 2.75) is 25.4 Å². The predicted molar refractivity (Wildman–Crippen MR) is 97.4 cm³/mol. The number of H-pyrrole nitrogens is 1. The van der Waals surface area contributed by atoms with Gasteiger partial charge in [0.2, 0.25) is 0 Å². The molecule has 2 bridgehead atoms. The van der Waals surface area contributed by atoms with E-state index < -0.39 is 10.2 Å². The number of nitrogens with zero attached hydrogens (tertiary/aromatic N) is 4. The minimum absolute atomic E-state index is 0.226. The maximum atomic E-state index is 12.6. The number of rotatable bonds is 5. The third-order valence-corrected chi connectivity index (χ3v) is 7.24. The SMILES string of the molecule is CN(C)S(=O)(=O)N1CC2CCC(C1)N(Cc1ccc(-c3ccn[nH]3)o1)C2. The van der Waals surface area contributed by atoms with E-state index in [4.69, 9.17) is 4.42 Å². The molecular weight excluding hydrogens is 354 g/mol. The smallest absolute Gasteiger partial charge is 0.281 e. The van der Waals surface area contributed by atoms with Crippen LogP contribution in [0, 0.1) is 5.92 Å². The third kappa shape index (κ3) is 3.32. The quantitative estimate of drug-likeness (QED) is 0.848. The van der Waals surface area contributed by atoms with Crippen molar-refractivity contribution in [1.82, 2.24) is 23.7 Å². The van der Waals surface area contributed by atoms with Crippen LogP contribution in [0.4, 0.5) is 0 Å². The molecule has 3 fully saturated rings. The molecule has 0 saturated carbocycles. The van der Waals surface area contributed by atoms with E-state index in [0.29, 0.717) is 25.6 Å². The van der Waals surface area contributed by atoms with Crippen molar-refractivity contribution in [3.63, 3.8) is 0 Å². The molecule has 26 heavy (non-hydrogen) atoms. The third-order valence-electron chi connectivity index (χ3n) is 5.37. The summed E-state index contributed by atoms with van der Waals surface area (Å²) in [6.07, 6.45) is 3.81. The second-order valence-electron chi connectivity index (χ2n) is 7.37. The molecule has 3 aliphatic rings. The molecule has 0 radical (unpaired) electrons. The number of aromatic amines is 1. The minimum Gasteiger partial charge on any atom is -0.458 e. The first-order valence-electron chi connectivity index (χ1n) is 8.93. The molecule has 0 amide bonds. The van der Waals surface area contributed by atoms with Crippen molar-refractivity contribution in [1.29, 1.82) is 0 Å². The molecule has 3 aliphatic heterocycles. The fraction of sp³-hybridized carbons (Fsp3) is 0.588. The number of aromatic nitrogens is 2. The van der Waals surface area contributed by atoms with Gasteiger partial charge in [-0.3, -0.25) is 10.00 Å². The van der Waals surface area contributed by atoms with Crippen LogP contribution in [-0.4, -0.2) is 71.9 Å². The number of piperidine rings is 1. The zero-order valence-electron chi connectivity index (χ0n) is 15.1. The van der Waals surface area contributed by atoms with E-state index in [2.05, 4.69) is 15.1 Å². The van der Waals surface area contributed by atoms with Crippen LogP contribution >= 0.6 is 0 Å². The average molecular weight is 379 g/mol. The van der Waals surface area contributed by atoms with Gasteiger partial charge in [-0.15, -0.1) is 0 Å². The summed E-state index contributed by atoms with van der Waals surface area (Å²) < 4.78 is 34.0. The summed E-state index contributed by atoms with van der Waals surface area (Å²) in [6.45, 7) is 2.76. The van der Waals surface area contributed by atoms with E-state index in [1.807, 2.05) is 18.2 Å². The van der Waals surface area contributed by atoms with Gasteiger partial charge in [0.25, 0.3) is 10.2 Å². The van der Waals surface area contributed by atoms with Crippen molar-refractivity contribution in [3.8, 4) is 11.5 Å². The van der Waals surface area contributed by atoms with Crippen LogP contribution in [0.15, 0.2) is 28.8 Å². The van der Waals surface area contributed by atoms with Gasteiger partial charge in [-0.25, -0.2) is 0 Å². The van der Waals surface area contributed by atoms with E-state index in [-0.39, 0.29) is 6.04 Å². The summed E-state index contributed by atoms with van der Waals surface area (Å²) in [7, 11) is -0.172. The lowest BCUT2D eigenvalue weighted by Crippen LogP contribution is -2.45. The molecule has 3 saturated heterocycles. The molecule has 0 aliphatic carbocycles. The number of furan rings is 1. The Labute approximate surface area is 153 Å². The highest BCUT2D eigenvalue weighted by atomic mass is 32.2. The Morgan fingerprint density at radius 3 is 2.81 bits per heavy atom. The van der Waals surface area contributed by atoms with Crippen LogP contribution < -0.4 is 0 Å². The van der Waals surface area contributed by atoms with Gasteiger partial charge in [0, 0.05) is 46.0 Å². The zero-order valence-corrected chi connectivity index (χ0v) is 15.9. The topological polar surface area (TPSA) is 85.7 Å². The summed E-state index contributed by atoms with van der Waals surface area (Å²) in [5.41, 5.74) is 0.858. The van der Waals surface area contributed by atoms with E-state index >= 15 is 0 Å². The molecule has 0 spiro atoms. The second-order valence-corrected chi connectivity index (χ2v) is 9.51. The molecule has 2 atom stereocenters. The molecule has 2 aromatic rings. The van der Waals surface area contributed by atoms with Gasteiger partial charge in [-0.05, 0) is 37.0 Å². The predicted octanol–water partition coefficient (Wildman–Crippen LogP) is 1.37. The van der Waals surface area contributed by atoms with Crippen molar-refractivity contribution < 1.29 is 12.8 Å². The van der Waals surface area contributed by atoms with Gasteiger partial charge in [0.15, 0.2) is 5.76 Å². The normalized spacial score (nSPS) is 25.0. The standard InChI is InChI=1S/C17H25N5O3S/c1-20(2)26(23,24)22-10-13-3-4-14(11-22)21(9-13)12-15-5-6-17(25-15)16-7-8-18-19-16/h5-8,13-14H,3-4,9-12H2,1-2H3,(H,18,19). The van der Waals surface area contributed by atoms with E-state index in [0.717, 1.165) is 36.6 Å². The van der Waals surface area contributed by atoms with Crippen molar-refractivity contribution in [2.75, 3.05) is 33.7 Å². The van der Waals surface area contributed by atoms with E-state index in [9.17, 15) is 8.42 Å². The Hall–Kier alpha value is -1.68. The van der Waals surface area contributed by atoms with Gasteiger partial charge < -0.3 is 4.42 Å². The molecule has 1 N–H and O–H groups in total. The first-order chi connectivity index (χ1) is 12.4. The highest BCUT2D eigenvalue weighted by molar-refractivity contribution is 7.86. The fourth-order valence-corrected chi connectivity index (χ4v) is 5.17. The van der Waals surface area contributed by atoms with Gasteiger partial charge in [0.05, 0.1) is 6.54 Å². The van der Waals surface area contributed by atoms with Crippen LogP contribution in [0.2, 0.25) is 0 Å². The maximum Gasteiger partial charge on any atom is 0.281 e. The van der Waals surface area contributed by atoms with E-state index in [1.54, 1.807) is 24.6 Å². The van der Waals surface area contributed by atoms with Crippen LogP contribution in [0.1, 0.15) is 18.6 Å². The first kappa shape index (κ1) is 17.7. The lowest BCUT2D eigenvalue weighted by molar-refractivity contribution is 0.116. The number of fused-ring (bicyclic) bond motifs is 4. The van der Waals surface area contributed by atoms with Crippen LogP contribution in [0.5, 0.6) is 0 Å². The van der Waals surface area contributed by atoms with Crippen LogP contribution in [0.3, 0.4) is 0 Å². The average Bonchev–Trinajstić information content (AvgIpc) is 3.20. The van der Waals surface area contributed by atoms with Gasteiger partial charge in [-0.2, -0.15) is 22.1 Å². The molecule has 8 nitrogen and oxygen atoms in total. The summed E-state index contributed by atoms with van der Waals surface area (Å²) >= 11 is 0. The highest BCUT2D eigenvalue weighted by Gasteiger charge is 2.39. The zero-order chi connectivity index (χ0) is 18.3. The number of nitrogens with one attached hydrogen (secondary N) is 1.